The summed E-state index contributed by atoms with van der Waals surface area (Å²) in [5.41, 5.74) is 6.05. The summed E-state index contributed by atoms with van der Waals surface area (Å²) in [6, 6.07) is 22.7. The second-order valence-electron chi connectivity index (χ2n) is 8.00. The molecule has 2 aromatic heterocycles. The Morgan fingerprint density at radius 2 is 1.68 bits per heavy atom. The molecular weight excluding hydrogens is 402 g/mol. The minimum absolute atomic E-state index is 0.140. The topological polar surface area (TPSA) is 38.1 Å². The molecular formula is C26H25N3OS. The maximum absolute atomic E-state index is 13.2. The van der Waals surface area contributed by atoms with E-state index in [2.05, 4.69) is 53.3 Å². The molecule has 5 heteroatoms. The first kappa shape index (κ1) is 19.8. The van der Waals surface area contributed by atoms with E-state index >= 15 is 0 Å². The molecule has 156 valence electrons. The first-order valence-electron chi connectivity index (χ1n) is 10.8. The molecule has 2 aromatic carbocycles. The second kappa shape index (κ2) is 8.52. The lowest BCUT2D eigenvalue weighted by molar-refractivity contribution is 0.0792. The zero-order valence-electron chi connectivity index (χ0n) is 17.6. The summed E-state index contributed by atoms with van der Waals surface area (Å²) in [6.07, 6.45) is 2.18. The quantitative estimate of drug-likeness (QED) is 0.399. The van der Waals surface area contributed by atoms with Crippen LogP contribution in [-0.4, -0.2) is 33.4 Å². The fourth-order valence-electron chi connectivity index (χ4n) is 4.24. The van der Waals surface area contributed by atoms with Crippen LogP contribution < -0.4 is 0 Å². The van der Waals surface area contributed by atoms with E-state index in [0.717, 1.165) is 59.1 Å². The molecule has 1 amide bonds. The van der Waals surface area contributed by atoms with Gasteiger partial charge in [-0.25, -0.2) is 4.98 Å². The van der Waals surface area contributed by atoms with E-state index in [1.54, 1.807) is 11.3 Å². The van der Waals surface area contributed by atoms with Crippen LogP contribution >= 0.6 is 11.3 Å². The molecule has 4 aromatic rings. The fraction of sp³-hybridized carbons (Fsp3) is 0.231. The molecule has 31 heavy (non-hydrogen) atoms. The van der Waals surface area contributed by atoms with Crippen molar-refractivity contribution in [3.05, 3.63) is 88.9 Å². The molecule has 0 unspecified atom stereocenters. The molecule has 0 radical (unpaired) electrons. The van der Waals surface area contributed by atoms with Gasteiger partial charge in [0.1, 0.15) is 5.01 Å². The first-order chi connectivity index (χ1) is 15.2. The number of hydrogen-bond donors (Lipinski definition) is 0. The van der Waals surface area contributed by atoms with Gasteiger partial charge in [-0.3, -0.25) is 4.79 Å². The average Bonchev–Trinajstić information content (AvgIpc) is 3.56. The monoisotopic (exact) mass is 427 g/mol. The van der Waals surface area contributed by atoms with Crippen LogP contribution in [0.2, 0.25) is 0 Å². The number of carbonyl (C=O) groups excluding carboxylic acids is 1. The molecule has 1 aliphatic rings. The number of nitrogens with zero attached hydrogens (tertiary/aromatic N) is 3. The van der Waals surface area contributed by atoms with Crippen molar-refractivity contribution in [2.45, 2.75) is 26.3 Å². The lowest BCUT2D eigenvalue weighted by Gasteiger charge is -2.15. The lowest BCUT2D eigenvalue weighted by Crippen LogP contribution is -2.28. The van der Waals surface area contributed by atoms with Crippen molar-refractivity contribution in [1.29, 1.82) is 0 Å². The summed E-state index contributed by atoms with van der Waals surface area (Å²) in [7, 11) is 0. The molecule has 1 fully saturated rings. The van der Waals surface area contributed by atoms with Gasteiger partial charge in [-0.15, -0.1) is 11.3 Å². The van der Waals surface area contributed by atoms with Crippen LogP contribution in [0.25, 0.3) is 22.0 Å². The highest BCUT2D eigenvalue weighted by atomic mass is 32.1. The van der Waals surface area contributed by atoms with Crippen molar-refractivity contribution in [2.24, 2.45) is 0 Å². The summed E-state index contributed by atoms with van der Waals surface area (Å²) in [6.45, 7) is 4.48. The second-order valence-corrected chi connectivity index (χ2v) is 8.86. The summed E-state index contributed by atoms with van der Waals surface area (Å²) < 4.78 is 2.24. The third-order valence-electron chi connectivity index (χ3n) is 5.96. The Balaban J connectivity index is 1.57. The molecule has 0 N–H and O–H groups in total. The van der Waals surface area contributed by atoms with E-state index in [-0.39, 0.29) is 5.91 Å². The van der Waals surface area contributed by atoms with Crippen LogP contribution in [0.5, 0.6) is 0 Å². The summed E-state index contributed by atoms with van der Waals surface area (Å²) in [5, 5.41) is 3.09. The molecule has 0 spiro atoms. The van der Waals surface area contributed by atoms with Gasteiger partial charge in [0.05, 0.1) is 17.0 Å². The number of carbonyl (C=O) groups is 1. The number of amides is 1. The Hall–Kier alpha value is -3.18. The van der Waals surface area contributed by atoms with E-state index < -0.39 is 0 Å². The molecule has 0 atom stereocenters. The van der Waals surface area contributed by atoms with Gasteiger partial charge in [-0.05, 0) is 31.4 Å². The highest BCUT2D eigenvalue weighted by Gasteiger charge is 2.25. The summed E-state index contributed by atoms with van der Waals surface area (Å²) in [5.74, 6) is 0.140. The number of hydrogen-bond acceptors (Lipinski definition) is 3. The number of thiazole rings is 1. The predicted octanol–water partition coefficient (Wildman–Crippen LogP) is 5.87. The standard InChI is InChI=1S/C26H25N3OS/c1-19-22(26(30)28-14-8-9-15-28)16-24(29(19)17-20-10-4-2-5-11-20)23-18-31-25(27-23)21-12-6-3-7-13-21/h2-7,10-13,16,18H,8-9,14-15,17H2,1H3. The van der Waals surface area contributed by atoms with Gasteiger partial charge in [0, 0.05) is 36.3 Å². The van der Waals surface area contributed by atoms with Crippen LogP contribution in [0.3, 0.4) is 0 Å². The van der Waals surface area contributed by atoms with E-state index in [1.807, 2.05) is 35.2 Å². The summed E-state index contributed by atoms with van der Waals surface area (Å²) in [4.78, 5) is 20.2. The molecule has 0 saturated carbocycles. The van der Waals surface area contributed by atoms with Gasteiger partial charge >= 0.3 is 0 Å². The molecule has 0 aliphatic carbocycles. The van der Waals surface area contributed by atoms with E-state index in [4.69, 9.17) is 4.98 Å². The maximum Gasteiger partial charge on any atom is 0.255 e. The van der Waals surface area contributed by atoms with Crippen molar-refractivity contribution < 1.29 is 4.79 Å². The van der Waals surface area contributed by atoms with Crippen molar-refractivity contribution in [3.63, 3.8) is 0 Å². The van der Waals surface area contributed by atoms with Gasteiger partial charge in [-0.2, -0.15) is 0 Å². The Bertz CT molecular complexity index is 1190. The van der Waals surface area contributed by atoms with E-state index in [9.17, 15) is 4.79 Å². The van der Waals surface area contributed by atoms with Crippen LogP contribution in [0, 0.1) is 6.92 Å². The molecule has 1 saturated heterocycles. The third-order valence-corrected chi connectivity index (χ3v) is 6.85. The van der Waals surface area contributed by atoms with Gasteiger partial charge in [-0.1, -0.05) is 60.7 Å². The van der Waals surface area contributed by atoms with Crippen molar-refractivity contribution in [3.8, 4) is 22.0 Å². The van der Waals surface area contributed by atoms with Crippen molar-refractivity contribution >= 4 is 17.2 Å². The molecule has 3 heterocycles. The molecule has 5 rings (SSSR count). The largest absolute Gasteiger partial charge is 0.339 e. The summed E-state index contributed by atoms with van der Waals surface area (Å²) >= 11 is 1.64. The highest BCUT2D eigenvalue weighted by molar-refractivity contribution is 7.13. The molecule has 1 aliphatic heterocycles. The fourth-order valence-corrected chi connectivity index (χ4v) is 5.06. The van der Waals surface area contributed by atoms with Gasteiger partial charge < -0.3 is 9.47 Å². The van der Waals surface area contributed by atoms with Crippen LogP contribution in [-0.2, 0) is 6.54 Å². The van der Waals surface area contributed by atoms with Gasteiger partial charge in [0.15, 0.2) is 0 Å². The smallest absolute Gasteiger partial charge is 0.255 e. The molecule has 0 bridgehead atoms. The van der Waals surface area contributed by atoms with Crippen LogP contribution in [0.15, 0.2) is 72.1 Å². The Kier molecular flexibility index (Phi) is 5.43. The van der Waals surface area contributed by atoms with Crippen molar-refractivity contribution in [2.75, 3.05) is 13.1 Å². The van der Waals surface area contributed by atoms with Crippen molar-refractivity contribution in [1.82, 2.24) is 14.5 Å². The number of rotatable bonds is 5. The Labute approximate surface area is 186 Å². The van der Waals surface area contributed by atoms with Gasteiger partial charge in [0.2, 0.25) is 0 Å². The normalized spacial score (nSPS) is 13.6. The van der Waals surface area contributed by atoms with E-state index in [1.165, 1.54) is 5.56 Å². The predicted molar refractivity (Wildman–Crippen MR) is 126 cm³/mol. The highest BCUT2D eigenvalue weighted by Crippen LogP contribution is 2.32. The minimum Gasteiger partial charge on any atom is -0.339 e. The van der Waals surface area contributed by atoms with Crippen LogP contribution in [0.4, 0.5) is 0 Å². The Morgan fingerprint density at radius 3 is 2.39 bits per heavy atom. The average molecular weight is 428 g/mol. The van der Waals surface area contributed by atoms with E-state index in [0.29, 0.717) is 6.54 Å². The number of aromatic nitrogens is 2. The number of benzene rings is 2. The van der Waals surface area contributed by atoms with Crippen LogP contribution in [0.1, 0.15) is 34.5 Å². The molecule has 4 nitrogen and oxygen atoms in total. The minimum atomic E-state index is 0.140. The van der Waals surface area contributed by atoms with Gasteiger partial charge in [0.25, 0.3) is 5.91 Å². The third kappa shape index (κ3) is 3.93. The number of likely N-dealkylation sites (tertiary alicyclic amines) is 1. The Morgan fingerprint density at radius 1 is 1.00 bits per heavy atom. The lowest BCUT2D eigenvalue weighted by atomic mass is 10.2. The maximum atomic E-state index is 13.2. The first-order valence-corrected chi connectivity index (χ1v) is 11.6. The zero-order chi connectivity index (χ0) is 21.2. The zero-order valence-corrected chi connectivity index (χ0v) is 18.4. The SMILES string of the molecule is Cc1c(C(=O)N2CCCC2)cc(-c2csc(-c3ccccc3)n2)n1Cc1ccccc1.